The van der Waals surface area contributed by atoms with Gasteiger partial charge in [0.05, 0.1) is 6.54 Å². The number of amides is 3. The van der Waals surface area contributed by atoms with Crippen LogP contribution in [-0.4, -0.2) is 29.9 Å². The summed E-state index contributed by atoms with van der Waals surface area (Å²) in [6.45, 7) is 2.91. The minimum atomic E-state index is -0.218. The van der Waals surface area contributed by atoms with Crippen molar-refractivity contribution in [2.75, 3.05) is 13.1 Å². The third kappa shape index (κ3) is 1.41. The van der Waals surface area contributed by atoms with Gasteiger partial charge < -0.3 is 5.32 Å². The molecule has 2 fully saturated rings. The molecule has 0 radical (unpaired) electrons. The zero-order chi connectivity index (χ0) is 9.47. The summed E-state index contributed by atoms with van der Waals surface area (Å²) in [5, 5.41) is 2.53. The number of carbonyl (C=O) groups is 2. The Bertz CT molecular complexity index is 242. The van der Waals surface area contributed by atoms with Gasteiger partial charge in [0.25, 0.3) is 0 Å². The Morgan fingerprint density at radius 2 is 2.15 bits per heavy atom. The number of urea groups is 1. The number of nitrogens with zero attached hydrogens (tertiary/aromatic N) is 1. The summed E-state index contributed by atoms with van der Waals surface area (Å²) in [7, 11) is 0. The van der Waals surface area contributed by atoms with Crippen LogP contribution in [0.2, 0.25) is 0 Å². The molecule has 0 aromatic rings. The zero-order valence-corrected chi connectivity index (χ0v) is 7.80. The molecule has 2 rings (SSSR count). The zero-order valence-electron chi connectivity index (χ0n) is 7.80. The lowest BCUT2D eigenvalue weighted by Gasteiger charge is -2.19. The second-order valence-electron chi connectivity index (χ2n) is 3.99. The summed E-state index contributed by atoms with van der Waals surface area (Å²) in [6, 6.07) is -0.218. The minimum absolute atomic E-state index is 0.0790. The molecule has 0 bridgehead atoms. The van der Waals surface area contributed by atoms with E-state index in [0.717, 1.165) is 19.3 Å². The summed E-state index contributed by atoms with van der Waals surface area (Å²) in [5.41, 5.74) is 0.261. The van der Waals surface area contributed by atoms with Crippen molar-refractivity contribution in [2.45, 2.75) is 26.2 Å². The van der Waals surface area contributed by atoms with Crippen molar-refractivity contribution in [3.63, 3.8) is 0 Å². The number of hydrogen-bond donors (Lipinski definition) is 1. The number of rotatable bonds is 3. The Kier molecular flexibility index (Phi) is 1.78. The predicted molar refractivity (Wildman–Crippen MR) is 47.1 cm³/mol. The smallest absolute Gasteiger partial charge is 0.324 e. The Morgan fingerprint density at radius 3 is 2.54 bits per heavy atom. The van der Waals surface area contributed by atoms with Crippen molar-refractivity contribution in [2.24, 2.45) is 5.41 Å². The van der Waals surface area contributed by atoms with Crippen LogP contribution in [0.15, 0.2) is 0 Å². The maximum absolute atomic E-state index is 11.2. The predicted octanol–water partition coefficient (Wildman–Crippen LogP) is 0.728. The molecule has 1 aliphatic carbocycles. The molecule has 2 aliphatic rings. The van der Waals surface area contributed by atoms with E-state index in [1.807, 2.05) is 0 Å². The molecule has 1 saturated heterocycles. The largest absolute Gasteiger partial charge is 0.329 e. The van der Waals surface area contributed by atoms with Crippen LogP contribution in [0.3, 0.4) is 0 Å². The van der Waals surface area contributed by atoms with E-state index in [9.17, 15) is 9.59 Å². The third-order valence-corrected chi connectivity index (χ3v) is 3.14. The molecule has 1 N–H and O–H groups in total. The molecular weight excluding hydrogens is 168 g/mol. The topological polar surface area (TPSA) is 49.4 Å². The summed E-state index contributed by atoms with van der Waals surface area (Å²) in [4.78, 5) is 23.8. The number of nitrogens with one attached hydrogen (secondary N) is 1. The van der Waals surface area contributed by atoms with Crippen LogP contribution >= 0.6 is 0 Å². The molecule has 0 spiro atoms. The van der Waals surface area contributed by atoms with Crippen LogP contribution in [0.5, 0.6) is 0 Å². The first kappa shape index (κ1) is 8.53. The van der Waals surface area contributed by atoms with Crippen LogP contribution < -0.4 is 5.32 Å². The summed E-state index contributed by atoms with van der Waals surface area (Å²) in [6.07, 6.45) is 3.37. The number of imide groups is 1. The second kappa shape index (κ2) is 2.72. The molecule has 0 aromatic carbocycles. The highest BCUT2D eigenvalue weighted by Crippen LogP contribution is 2.49. The van der Waals surface area contributed by atoms with E-state index >= 15 is 0 Å². The van der Waals surface area contributed by atoms with Crippen molar-refractivity contribution in [3.8, 4) is 0 Å². The van der Waals surface area contributed by atoms with Crippen molar-refractivity contribution in [1.82, 2.24) is 10.2 Å². The molecule has 0 unspecified atom stereocenters. The Hall–Kier alpha value is -1.06. The van der Waals surface area contributed by atoms with Crippen LogP contribution in [0, 0.1) is 5.41 Å². The average Bonchev–Trinajstić information content (AvgIpc) is 2.84. The van der Waals surface area contributed by atoms with Gasteiger partial charge in [-0.1, -0.05) is 6.92 Å². The van der Waals surface area contributed by atoms with E-state index in [-0.39, 0.29) is 23.9 Å². The van der Waals surface area contributed by atoms with E-state index in [1.54, 1.807) is 0 Å². The van der Waals surface area contributed by atoms with Crippen LogP contribution in [0.25, 0.3) is 0 Å². The van der Waals surface area contributed by atoms with Crippen LogP contribution in [0.1, 0.15) is 26.2 Å². The van der Waals surface area contributed by atoms with Gasteiger partial charge in [0.2, 0.25) is 5.91 Å². The van der Waals surface area contributed by atoms with Gasteiger partial charge in [-0.25, -0.2) is 4.79 Å². The average molecular weight is 182 g/mol. The highest BCUT2D eigenvalue weighted by Gasteiger charge is 2.45. The van der Waals surface area contributed by atoms with Gasteiger partial charge in [-0.05, 0) is 24.7 Å². The summed E-state index contributed by atoms with van der Waals surface area (Å²) in [5.74, 6) is -0.0790. The molecule has 4 heteroatoms. The van der Waals surface area contributed by atoms with Gasteiger partial charge in [-0.15, -0.1) is 0 Å². The highest BCUT2D eigenvalue weighted by atomic mass is 16.2. The van der Waals surface area contributed by atoms with Gasteiger partial charge in [0.15, 0.2) is 0 Å². The Morgan fingerprint density at radius 1 is 1.46 bits per heavy atom. The fourth-order valence-electron chi connectivity index (χ4n) is 1.75. The molecule has 0 aromatic heterocycles. The fourth-order valence-corrected chi connectivity index (χ4v) is 1.75. The standard InChI is InChI=1S/C9H14N2O2/c1-2-9(3-4-9)6-11-7(12)5-10-8(11)13/h2-6H2,1H3,(H,10,13). The number of carbonyl (C=O) groups excluding carboxylic acids is 2. The lowest BCUT2D eigenvalue weighted by Crippen LogP contribution is -2.36. The molecular formula is C9H14N2O2. The van der Waals surface area contributed by atoms with Gasteiger partial charge in [-0.3, -0.25) is 9.69 Å². The third-order valence-electron chi connectivity index (χ3n) is 3.14. The van der Waals surface area contributed by atoms with E-state index in [1.165, 1.54) is 4.90 Å². The Balaban J connectivity index is 2.01. The molecule has 13 heavy (non-hydrogen) atoms. The summed E-state index contributed by atoms with van der Waals surface area (Å²) < 4.78 is 0. The normalized spacial score (nSPS) is 24.8. The van der Waals surface area contributed by atoms with Crippen molar-refractivity contribution < 1.29 is 9.59 Å². The molecule has 0 atom stereocenters. The molecule has 4 nitrogen and oxygen atoms in total. The lowest BCUT2D eigenvalue weighted by molar-refractivity contribution is -0.125. The monoisotopic (exact) mass is 182 g/mol. The van der Waals surface area contributed by atoms with E-state index in [2.05, 4.69) is 12.2 Å². The van der Waals surface area contributed by atoms with Gasteiger partial charge >= 0.3 is 6.03 Å². The molecule has 3 amide bonds. The lowest BCUT2D eigenvalue weighted by atomic mass is 10.0. The summed E-state index contributed by atoms with van der Waals surface area (Å²) >= 11 is 0. The van der Waals surface area contributed by atoms with E-state index in [0.29, 0.717) is 6.54 Å². The Labute approximate surface area is 77.3 Å². The van der Waals surface area contributed by atoms with Crippen LogP contribution in [-0.2, 0) is 4.79 Å². The molecule has 1 heterocycles. The molecule has 1 aliphatic heterocycles. The second-order valence-corrected chi connectivity index (χ2v) is 3.99. The first-order valence-corrected chi connectivity index (χ1v) is 4.75. The SMILES string of the molecule is CCC1(CN2C(=O)CNC2=O)CC1. The van der Waals surface area contributed by atoms with E-state index < -0.39 is 0 Å². The first-order valence-electron chi connectivity index (χ1n) is 4.75. The number of hydrogen-bond acceptors (Lipinski definition) is 2. The fraction of sp³-hybridized carbons (Fsp3) is 0.778. The minimum Gasteiger partial charge on any atom is -0.329 e. The quantitative estimate of drug-likeness (QED) is 0.654. The first-order chi connectivity index (χ1) is 6.17. The maximum Gasteiger partial charge on any atom is 0.324 e. The molecule has 1 saturated carbocycles. The van der Waals surface area contributed by atoms with Gasteiger partial charge in [0.1, 0.15) is 0 Å². The van der Waals surface area contributed by atoms with Gasteiger partial charge in [0, 0.05) is 6.54 Å². The van der Waals surface area contributed by atoms with Gasteiger partial charge in [-0.2, -0.15) is 0 Å². The van der Waals surface area contributed by atoms with Crippen molar-refractivity contribution in [3.05, 3.63) is 0 Å². The van der Waals surface area contributed by atoms with Crippen LogP contribution in [0.4, 0.5) is 4.79 Å². The van der Waals surface area contributed by atoms with Crippen molar-refractivity contribution >= 4 is 11.9 Å². The highest BCUT2D eigenvalue weighted by molar-refractivity contribution is 6.02. The van der Waals surface area contributed by atoms with E-state index in [4.69, 9.17) is 0 Å². The molecule has 72 valence electrons. The maximum atomic E-state index is 11.2. The van der Waals surface area contributed by atoms with Crippen molar-refractivity contribution in [1.29, 1.82) is 0 Å².